The van der Waals surface area contributed by atoms with Crippen LogP contribution in [0.1, 0.15) is 37.7 Å². The van der Waals surface area contributed by atoms with Crippen LogP contribution in [0.15, 0.2) is 35.3 Å². The average Bonchev–Trinajstić information content (AvgIpc) is 2.41. The van der Waals surface area contributed by atoms with Crippen LogP contribution in [0.2, 0.25) is 0 Å². The van der Waals surface area contributed by atoms with Gasteiger partial charge in [0, 0.05) is 12.6 Å². The molecule has 1 aliphatic carbocycles. The van der Waals surface area contributed by atoms with Gasteiger partial charge in [-0.3, -0.25) is 4.99 Å². The minimum Gasteiger partial charge on any atom is -0.370 e. The summed E-state index contributed by atoms with van der Waals surface area (Å²) in [6.45, 7) is 0.759. The van der Waals surface area contributed by atoms with Crippen molar-refractivity contribution in [3.05, 3.63) is 35.9 Å². The zero-order valence-electron chi connectivity index (χ0n) is 11.3. The summed E-state index contributed by atoms with van der Waals surface area (Å²) in [7, 11) is 0. The summed E-state index contributed by atoms with van der Waals surface area (Å²) in [5, 5.41) is 3.33. The third kappa shape index (κ3) is 6.27. The summed E-state index contributed by atoms with van der Waals surface area (Å²) in [5.74, 6) is 0.609. The number of hydrogen-bond donors (Lipinski definition) is 2. The van der Waals surface area contributed by atoms with Gasteiger partial charge in [0.2, 0.25) is 0 Å². The number of nitrogens with one attached hydrogen (secondary N) is 1. The molecule has 0 spiro atoms. The number of benzene rings is 1. The van der Waals surface area contributed by atoms with E-state index in [1.807, 2.05) is 6.07 Å². The SMILES string of the molecule is I.NC(=NCCc1ccccc1)NC1CCCCC1. The lowest BCUT2D eigenvalue weighted by Crippen LogP contribution is -2.41. The molecule has 0 bridgehead atoms. The van der Waals surface area contributed by atoms with Crippen LogP contribution in [0.5, 0.6) is 0 Å². The lowest BCUT2D eigenvalue weighted by atomic mass is 9.96. The van der Waals surface area contributed by atoms with E-state index in [0.29, 0.717) is 12.0 Å². The van der Waals surface area contributed by atoms with Crippen LogP contribution in [0.4, 0.5) is 0 Å². The van der Waals surface area contributed by atoms with Crippen molar-refractivity contribution in [1.29, 1.82) is 0 Å². The molecule has 1 aromatic carbocycles. The molecule has 4 heteroatoms. The maximum atomic E-state index is 5.91. The van der Waals surface area contributed by atoms with Gasteiger partial charge in [-0.25, -0.2) is 0 Å². The van der Waals surface area contributed by atoms with Crippen LogP contribution in [-0.2, 0) is 6.42 Å². The van der Waals surface area contributed by atoms with E-state index in [0.717, 1.165) is 13.0 Å². The number of halogens is 1. The molecule has 2 rings (SSSR count). The van der Waals surface area contributed by atoms with Gasteiger partial charge in [0.1, 0.15) is 0 Å². The number of aliphatic imine (C=N–C) groups is 1. The number of rotatable bonds is 4. The van der Waals surface area contributed by atoms with Crippen LogP contribution < -0.4 is 11.1 Å². The Kier molecular flexibility index (Phi) is 7.86. The predicted octanol–water partition coefficient (Wildman–Crippen LogP) is 3.08. The van der Waals surface area contributed by atoms with Gasteiger partial charge in [-0.05, 0) is 24.8 Å². The second kappa shape index (κ2) is 9.18. The normalized spacial score (nSPS) is 16.7. The van der Waals surface area contributed by atoms with Crippen LogP contribution in [0.3, 0.4) is 0 Å². The molecule has 0 saturated heterocycles. The molecule has 0 heterocycles. The molecule has 3 nitrogen and oxygen atoms in total. The lowest BCUT2D eigenvalue weighted by Gasteiger charge is -2.23. The molecule has 0 amide bonds. The van der Waals surface area contributed by atoms with E-state index in [1.54, 1.807) is 0 Å². The quantitative estimate of drug-likeness (QED) is 0.484. The van der Waals surface area contributed by atoms with Gasteiger partial charge in [-0.2, -0.15) is 0 Å². The summed E-state index contributed by atoms with van der Waals surface area (Å²) < 4.78 is 0. The van der Waals surface area contributed by atoms with Crippen molar-refractivity contribution >= 4 is 29.9 Å². The Labute approximate surface area is 133 Å². The zero-order chi connectivity index (χ0) is 12.6. The standard InChI is InChI=1S/C15H23N3.HI/c16-15(18-14-9-5-2-6-10-14)17-12-11-13-7-3-1-4-8-13;/h1,3-4,7-8,14H,2,5-6,9-12H2,(H3,16,17,18);1H. The van der Waals surface area contributed by atoms with Crippen molar-refractivity contribution in [2.24, 2.45) is 10.7 Å². The van der Waals surface area contributed by atoms with E-state index in [1.165, 1.54) is 37.7 Å². The molecule has 1 saturated carbocycles. The van der Waals surface area contributed by atoms with Crippen molar-refractivity contribution in [3.8, 4) is 0 Å². The van der Waals surface area contributed by atoms with E-state index >= 15 is 0 Å². The first-order valence-electron chi connectivity index (χ1n) is 6.95. The maximum Gasteiger partial charge on any atom is 0.188 e. The van der Waals surface area contributed by atoms with Gasteiger partial charge in [-0.1, -0.05) is 49.6 Å². The van der Waals surface area contributed by atoms with E-state index in [2.05, 4.69) is 34.6 Å². The highest BCUT2D eigenvalue weighted by molar-refractivity contribution is 14.0. The van der Waals surface area contributed by atoms with E-state index in [9.17, 15) is 0 Å². The minimum absolute atomic E-state index is 0. The summed E-state index contributed by atoms with van der Waals surface area (Å²) in [4.78, 5) is 4.40. The number of nitrogens with zero attached hydrogens (tertiary/aromatic N) is 1. The summed E-state index contributed by atoms with van der Waals surface area (Å²) >= 11 is 0. The van der Waals surface area contributed by atoms with E-state index in [4.69, 9.17) is 5.73 Å². The van der Waals surface area contributed by atoms with Gasteiger partial charge >= 0.3 is 0 Å². The van der Waals surface area contributed by atoms with Crippen LogP contribution >= 0.6 is 24.0 Å². The first-order valence-corrected chi connectivity index (χ1v) is 6.95. The molecule has 1 fully saturated rings. The third-order valence-corrected chi connectivity index (χ3v) is 3.48. The first-order chi connectivity index (χ1) is 8.84. The Hall–Kier alpha value is -0.780. The highest BCUT2D eigenvalue weighted by Gasteiger charge is 2.12. The highest BCUT2D eigenvalue weighted by Crippen LogP contribution is 2.16. The Bertz CT molecular complexity index is 372. The van der Waals surface area contributed by atoms with E-state index in [-0.39, 0.29) is 24.0 Å². The molecule has 106 valence electrons. The molecular weight excluding hydrogens is 349 g/mol. The monoisotopic (exact) mass is 373 g/mol. The van der Waals surface area contributed by atoms with Gasteiger partial charge in [0.05, 0.1) is 0 Å². The molecule has 1 aromatic rings. The largest absolute Gasteiger partial charge is 0.370 e. The summed E-state index contributed by atoms with van der Waals surface area (Å²) in [6.07, 6.45) is 7.41. The fourth-order valence-corrected chi connectivity index (χ4v) is 2.45. The van der Waals surface area contributed by atoms with Gasteiger partial charge in [-0.15, -0.1) is 24.0 Å². The number of guanidine groups is 1. The zero-order valence-corrected chi connectivity index (χ0v) is 13.7. The van der Waals surface area contributed by atoms with Crippen molar-refractivity contribution in [2.45, 2.75) is 44.6 Å². The van der Waals surface area contributed by atoms with Crippen molar-refractivity contribution in [2.75, 3.05) is 6.54 Å². The smallest absolute Gasteiger partial charge is 0.188 e. The minimum atomic E-state index is 0. The molecular formula is C15H24IN3. The van der Waals surface area contributed by atoms with Gasteiger partial charge in [0.15, 0.2) is 5.96 Å². The van der Waals surface area contributed by atoms with Gasteiger partial charge in [0.25, 0.3) is 0 Å². The second-order valence-electron chi connectivity index (χ2n) is 4.98. The Morgan fingerprint density at radius 2 is 1.84 bits per heavy atom. The molecule has 1 aliphatic rings. The Balaban J connectivity index is 0.00000180. The molecule has 19 heavy (non-hydrogen) atoms. The second-order valence-corrected chi connectivity index (χ2v) is 4.98. The van der Waals surface area contributed by atoms with Crippen molar-refractivity contribution in [3.63, 3.8) is 0 Å². The summed E-state index contributed by atoms with van der Waals surface area (Å²) in [6, 6.07) is 10.9. The fourth-order valence-electron chi connectivity index (χ4n) is 2.45. The Morgan fingerprint density at radius 3 is 2.53 bits per heavy atom. The van der Waals surface area contributed by atoms with E-state index < -0.39 is 0 Å². The third-order valence-electron chi connectivity index (χ3n) is 3.48. The van der Waals surface area contributed by atoms with Crippen LogP contribution in [0, 0.1) is 0 Å². The summed E-state index contributed by atoms with van der Waals surface area (Å²) in [5.41, 5.74) is 7.22. The van der Waals surface area contributed by atoms with Crippen LogP contribution in [-0.4, -0.2) is 18.5 Å². The average molecular weight is 373 g/mol. The molecule has 0 aliphatic heterocycles. The molecule has 0 unspecified atom stereocenters. The number of hydrogen-bond acceptors (Lipinski definition) is 1. The van der Waals surface area contributed by atoms with Crippen LogP contribution in [0.25, 0.3) is 0 Å². The maximum absolute atomic E-state index is 5.91. The predicted molar refractivity (Wildman–Crippen MR) is 92.1 cm³/mol. The molecule has 0 aromatic heterocycles. The van der Waals surface area contributed by atoms with Gasteiger partial charge < -0.3 is 11.1 Å². The molecule has 0 radical (unpaired) electrons. The lowest BCUT2D eigenvalue weighted by molar-refractivity contribution is 0.412. The number of nitrogens with two attached hydrogens (primary N) is 1. The molecule has 3 N–H and O–H groups in total. The Morgan fingerprint density at radius 1 is 1.16 bits per heavy atom. The highest BCUT2D eigenvalue weighted by atomic mass is 127. The van der Waals surface area contributed by atoms with Crippen molar-refractivity contribution < 1.29 is 0 Å². The first kappa shape index (κ1) is 16.3. The topological polar surface area (TPSA) is 50.4 Å². The molecule has 0 atom stereocenters. The van der Waals surface area contributed by atoms with Crippen molar-refractivity contribution in [1.82, 2.24) is 5.32 Å². The fraction of sp³-hybridized carbons (Fsp3) is 0.533.